The van der Waals surface area contributed by atoms with Gasteiger partial charge in [0.15, 0.2) is 0 Å². The van der Waals surface area contributed by atoms with E-state index in [1.807, 2.05) is 63.3 Å². The van der Waals surface area contributed by atoms with E-state index in [-0.39, 0.29) is 68.5 Å². The highest BCUT2D eigenvalue weighted by Crippen LogP contribution is 2.41. The molecule has 1 aliphatic carbocycles. The highest BCUT2D eigenvalue weighted by atomic mass is 16.7. The number of piperidine rings is 1. The van der Waals surface area contributed by atoms with E-state index in [9.17, 15) is 39.3 Å². The predicted molar refractivity (Wildman–Crippen MR) is 247 cm³/mol. The lowest BCUT2D eigenvalue weighted by molar-refractivity contribution is -0.302. The molecule has 1 amide bonds. The maximum absolute atomic E-state index is 14.5. The maximum atomic E-state index is 14.5. The van der Waals surface area contributed by atoms with Crippen LogP contribution in [0.4, 0.5) is 0 Å². The molecule has 0 aromatic heterocycles. The Balaban J connectivity index is 1.47. The first kappa shape index (κ1) is 53.3. The first-order valence-electron chi connectivity index (χ1n) is 24.2. The van der Waals surface area contributed by atoms with Crippen LogP contribution in [0, 0.1) is 29.6 Å². The van der Waals surface area contributed by atoms with Crippen LogP contribution in [0.25, 0.3) is 0 Å². The van der Waals surface area contributed by atoms with E-state index in [1.165, 1.54) is 26.2 Å². The molecule has 66 heavy (non-hydrogen) atoms. The van der Waals surface area contributed by atoms with Gasteiger partial charge in [-0.1, -0.05) is 75.8 Å². The summed E-state index contributed by atoms with van der Waals surface area (Å²) >= 11 is 0. The van der Waals surface area contributed by atoms with E-state index in [0.717, 1.165) is 11.1 Å². The summed E-state index contributed by atoms with van der Waals surface area (Å²) in [6.45, 7) is 11.1. The number of carbonyl (C=O) groups excluding carboxylic acids is 5. The number of carbonyl (C=O) groups is 5. The van der Waals surface area contributed by atoms with Gasteiger partial charge < -0.3 is 43.9 Å². The number of benzene rings is 1. The zero-order valence-electron chi connectivity index (χ0n) is 40.7. The highest BCUT2D eigenvalue weighted by molar-refractivity contribution is 6.39. The fourth-order valence-corrected chi connectivity index (χ4v) is 10.9. The van der Waals surface area contributed by atoms with E-state index in [1.54, 1.807) is 20.8 Å². The Labute approximate surface area is 391 Å². The van der Waals surface area contributed by atoms with Crippen molar-refractivity contribution in [3.05, 3.63) is 59.2 Å². The number of allylic oxidation sites excluding steroid dienone is 3. The van der Waals surface area contributed by atoms with E-state index >= 15 is 0 Å². The van der Waals surface area contributed by atoms with Gasteiger partial charge in [-0.2, -0.15) is 0 Å². The summed E-state index contributed by atoms with van der Waals surface area (Å²) in [5, 5.41) is 35.8. The number of rotatable bonds is 10. The van der Waals surface area contributed by atoms with Crippen LogP contribution in [-0.2, 0) is 54.1 Å². The first-order chi connectivity index (χ1) is 31.3. The minimum absolute atomic E-state index is 0.0106. The third kappa shape index (κ3) is 12.7. The predicted octanol–water partition coefficient (Wildman–Crippen LogP) is 6.05. The quantitative estimate of drug-likeness (QED) is 0.140. The van der Waals surface area contributed by atoms with Crippen LogP contribution in [-0.4, -0.2) is 131 Å². The monoisotopic (exact) mass is 924 g/mol. The summed E-state index contributed by atoms with van der Waals surface area (Å²) in [5.41, 5.74) is 1.05. The molecule has 0 radical (unpaired) electrons. The van der Waals surface area contributed by atoms with E-state index in [4.69, 9.17) is 23.7 Å². The van der Waals surface area contributed by atoms with Crippen molar-refractivity contribution in [1.29, 1.82) is 0 Å². The fraction of sp³-hybridized carbons (Fsp3) is 0.712. The van der Waals surface area contributed by atoms with Gasteiger partial charge in [-0.15, -0.1) is 0 Å². The van der Waals surface area contributed by atoms with E-state index in [0.29, 0.717) is 50.5 Å². The van der Waals surface area contributed by atoms with Gasteiger partial charge in [-0.05, 0) is 101 Å². The molecular formula is C52H77NO13. The highest BCUT2D eigenvalue weighted by Gasteiger charge is 2.57. The zero-order chi connectivity index (χ0) is 48.5. The number of nitrogens with zero attached hydrogens (tertiary/aromatic N) is 1. The van der Waals surface area contributed by atoms with Gasteiger partial charge in [-0.25, -0.2) is 4.79 Å². The number of ketones is 3. The Morgan fingerprint density at radius 1 is 0.924 bits per heavy atom. The van der Waals surface area contributed by atoms with Crippen molar-refractivity contribution >= 4 is 29.2 Å². The number of esters is 1. The van der Waals surface area contributed by atoms with Crippen LogP contribution in [0.2, 0.25) is 0 Å². The molecule has 3 N–H and O–H groups in total. The van der Waals surface area contributed by atoms with Crippen LogP contribution < -0.4 is 0 Å². The molecule has 3 heterocycles. The molecule has 3 aliphatic heterocycles. The number of hydrogen-bond acceptors (Lipinski definition) is 13. The molecule has 14 nitrogen and oxygen atoms in total. The second-order valence-electron chi connectivity index (χ2n) is 20.0. The third-order valence-corrected chi connectivity index (χ3v) is 14.9. The smallest absolute Gasteiger partial charge is 0.329 e. The lowest BCUT2D eigenvalue weighted by Gasteiger charge is -2.47. The lowest BCUT2D eigenvalue weighted by Crippen LogP contribution is -2.64. The first-order valence-corrected chi connectivity index (χ1v) is 24.2. The summed E-state index contributed by atoms with van der Waals surface area (Å²) in [7, 11) is 4.56. The number of amides is 1. The molecular weight excluding hydrogens is 847 g/mol. The summed E-state index contributed by atoms with van der Waals surface area (Å²) in [4.78, 5) is 71.5. The lowest BCUT2D eigenvalue weighted by atomic mass is 9.73. The standard InChI is InChI=1S/C52H77NO13/c1-10-38-23-31(2)22-32(3)24-43(62-7)47-44(63-8)26-34(5)52(61,66-47)48(57)49(58)53-21-15-14-18-40(53)50(59)65-46(35(6)41(55)29-42(38)56)33(4)25-37-19-20-51(60,45(28-37)64-9)30-39(54)27-36-16-12-11-13-17-36/h11-13,16-17,23,25,32,34-35,37-38,40-41,43-47,55,60-61H,10,14-15,18-22,24,26-30H2,1-9H3. The Bertz CT molecular complexity index is 1900. The second-order valence-corrected chi connectivity index (χ2v) is 20.0. The van der Waals surface area contributed by atoms with Crippen molar-refractivity contribution in [1.82, 2.24) is 4.90 Å². The average molecular weight is 924 g/mol. The number of ether oxygens (including phenoxy) is 5. The van der Waals surface area contributed by atoms with Crippen molar-refractivity contribution in [2.75, 3.05) is 27.9 Å². The Morgan fingerprint density at radius 3 is 2.26 bits per heavy atom. The Hall–Kier alpha value is -3.63. The third-order valence-electron chi connectivity index (χ3n) is 14.9. The van der Waals surface area contributed by atoms with Gasteiger partial charge in [0.25, 0.3) is 11.7 Å². The van der Waals surface area contributed by atoms with Gasteiger partial charge >= 0.3 is 5.97 Å². The molecule has 1 aromatic carbocycles. The number of aliphatic hydroxyl groups excluding tert-OH is 1. The Morgan fingerprint density at radius 2 is 1.61 bits per heavy atom. The number of aliphatic hydroxyl groups is 3. The molecule has 0 spiro atoms. The minimum atomic E-state index is -2.53. The van der Waals surface area contributed by atoms with Crippen molar-refractivity contribution < 1.29 is 63.0 Å². The molecule has 14 heteroatoms. The molecule has 1 saturated carbocycles. The molecule has 5 rings (SSSR count). The zero-order valence-corrected chi connectivity index (χ0v) is 40.7. The van der Waals surface area contributed by atoms with Gasteiger partial charge in [-0.3, -0.25) is 19.2 Å². The van der Waals surface area contributed by atoms with Crippen molar-refractivity contribution in [3.63, 3.8) is 0 Å². The van der Waals surface area contributed by atoms with Crippen LogP contribution in [0.5, 0.6) is 0 Å². The number of hydrogen-bond donors (Lipinski definition) is 3. The maximum Gasteiger partial charge on any atom is 0.329 e. The molecule has 2 saturated heterocycles. The van der Waals surface area contributed by atoms with E-state index < -0.39 is 89.5 Å². The van der Waals surface area contributed by atoms with Crippen LogP contribution in [0.15, 0.2) is 53.6 Å². The van der Waals surface area contributed by atoms with Crippen molar-refractivity contribution in [2.45, 2.75) is 179 Å². The molecule has 14 atom stereocenters. The fourth-order valence-electron chi connectivity index (χ4n) is 10.9. The minimum Gasteiger partial charge on any atom is -0.456 e. The van der Waals surface area contributed by atoms with Crippen molar-refractivity contribution in [2.24, 2.45) is 29.6 Å². The Kier molecular flexibility index (Phi) is 19.1. The van der Waals surface area contributed by atoms with Crippen molar-refractivity contribution in [3.8, 4) is 0 Å². The van der Waals surface area contributed by atoms with Gasteiger partial charge in [0.2, 0.25) is 5.79 Å². The van der Waals surface area contributed by atoms with Crippen LogP contribution in [0.3, 0.4) is 0 Å². The van der Waals surface area contributed by atoms with Crippen LogP contribution >= 0.6 is 0 Å². The number of methoxy groups -OCH3 is 3. The SMILES string of the molecule is CCC1C=C(C)CC(C)CC(OC)C2OC(O)(C(=O)C(=O)N3CCCCC3C(=O)OC(C(C)=CC3CCC(O)(CC(=O)Cc4ccccc4)C(OC)C3)C(C)C(O)CC1=O)C(C)CC2OC. The summed E-state index contributed by atoms with van der Waals surface area (Å²) in [6.07, 6.45) is 2.97. The number of Topliss-reactive ketones (excluding diaryl/α,β-unsaturated/α-hetero) is 3. The largest absolute Gasteiger partial charge is 0.456 e. The summed E-state index contributed by atoms with van der Waals surface area (Å²) in [5.74, 6) is -8.08. The van der Waals surface area contributed by atoms with Gasteiger partial charge in [0.1, 0.15) is 29.8 Å². The summed E-state index contributed by atoms with van der Waals surface area (Å²) < 4.78 is 30.2. The summed E-state index contributed by atoms with van der Waals surface area (Å²) in [6, 6.07) is 8.20. The number of fused-ring (bicyclic) bond motifs is 3. The topological polar surface area (TPSA) is 195 Å². The number of cyclic esters (lactones) is 1. The van der Waals surface area contributed by atoms with Gasteiger partial charge in [0, 0.05) is 64.9 Å². The van der Waals surface area contributed by atoms with Crippen LogP contribution in [0.1, 0.15) is 124 Å². The molecule has 4 aliphatic rings. The van der Waals surface area contributed by atoms with Gasteiger partial charge in [0.05, 0.1) is 30.0 Å². The molecule has 1 aromatic rings. The van der Waals surface area contributed by atoms with E-state index in [2.05, 4.69) is 0 Å². The second kappa shape index (κ2) is 23.6. The molecule has 14 unspecified atom stereocenters. The molecule has 3 fully saturated rings. The molecule has 368 valence electrons. The average Bonchev–Trinajstić information content (AvgIpc) is 3.29. The normalized spacial score (nSPS) is 37.3. The molecule has 2 bridgehead atoms.